The minimum atomic E-state index is 0.808. The third-order valence-electron chi connectivity index (χ3n) is 4.67. The molecule has 0 saturated heterocycles. The summed E-state index contributed by atoms with van der Waals surface area (Å²) in [4.78, 5) is 4.70. The molecule has 1 N–H and O–H groups in total. The smallest absolute Gasteiger partial charge is 0.133 e. The molecule has 0 spiro atoms. The average molecular weight is 385 g/mol. The molecule has 29 heavy (non-hydrogen) atoms. The van der Waals surface area contributed by atoms with Gasteiger partial charge in [0.25, 0.3) is 0 Å². The molecule has 0 radical (unpaired) electrons. The van der Waals surface area contributed by atoms with E-state index in [0.717, 1.165) is 47.6 Å². The highest BCUT2D eigenvalue weighted by Gasteiger charge is 2.13. The fourth-order valence-corrected chi connectivity index (χ4v) is 2.92. The molecule has 0 bridgehead atoms. The van der Waals surface area contributed by atoms with E-state index in [9.17, 15) is 0 Å². The number of para-hydroxylation sites is 1. The number of hydrogen-bond donors (Lipinski definition) is 1. The van der Waals surface area contributed by atoms with Crippen molar-refractivity contribution in [1.82, 2.24) is 5.32 Å². The van der Waals surface area contributed by atoms with E-state index in [1.165, 1.54) is 16.7 Å². The van der Waals surface area contributed by atoms with Gasteiger partial charge in [-0.15, -0.1) is 0 Å². The number of nitrogens with one attached hydrogen (secondary N) is 1. The number of rotatable bonds is 4. The molecule has 0 fully saturated rings. The number of amidine groups is 1. The van der Waals surface area contributed by atoms with Crippen LogP contribution in [0.3, 0.4) is 0 Å². The third-order valence-corrected chi connectivity index (χ3v) is 4.67. The van der Waals surface area contributed by atoms with Gasteiger partial charge in [0, 0.05) is 5.70 Å². The van der Waals surface area contributed by atoms with Crippen LogP contribution in [0.25, 0.3) is 0 Å². The second kappa shape index (κ2) is 11.0. The van der Waals surface area contributed by atoms with Gasteiger partial charge in [0.1, 0.15) is 5.84 Å². The molecule has 2 aromatic rings. The first-order valence-electron chi connectivity index (χ1n) is 10.1. The molecule has 1 heterocycles. The lowest BCUT2D eigenvalue weighted by Gasteiger charge is -2.11. The zero-order chi connectivity index (χ0) is 21.2. The second-order valence-electron chi connectivity index (χ2n) is 7.31. The molecule has 0 atom stereocenters. The van der Waals surface area contributed by atoms with Crippen LogP contribution in [-0.4, -0.2) is 5.84 Å². The minimum Gasteiger partial charge on any atom is -0.340 e. The molecule has 1 aliphatic rings. The molecular formula is C27H32N2. The van der Waals surface area contributed by atoms with Crippen LogP contribution in [0.5, 0.6) is 0 Å². The van der Waals surface area contributed by atoms with Gasteiger partial charge in [-0.1, -0.05) is 80.3 Å². The molecule has 1 aliphatic heterocycles. The summed E-state index contributed by atoms with van der Waals surface area (Å²) in [5, 5.41) is 3.30. The summed E-state index contributed by atoms with van der Waals surface area (Å²) >= 11 is 0. The van der Waals surface area contributed by atoms with E-state index < -0.39 is 0 Å². The lowest BCUT2D eigenvalue weighted by Crippen LogP contribution is -2.23. The van der Waals surface area contributed by atoms with Crippen molar-refractivity contribution in [2.24, 2.45) is 4.99 Å². The Morgan fingerprint density at radius 2 is 1.79 bits per heavy atom. The van der Waals surface area contributed by atoms with Crippen molar-refractivity contribution in [2.45, 2.75) is 40.0 Å². The Labute approximate surface area is 176 Å². The van der Waals surface area contributed by atoms with Crippen LogP contribution in [0.2, 0.25) is 0 Å². The topological polar surface area (TPSA) is 24.4 Å². The van der Waals surface area contributed by atoms with Gasteiger partial charge in [0.15, 0.2) is 0 Å². The van der Waals surface area contributed by atoms with Crippen molar-refractivity contribution in [3.8, 4) is 0 Å². The molecule has 150 valence electrons. The highest BCUT2D eigenvalue weighted by atomic mass is 15.0. The fraction of sp³-hybridized carbons (Fsp3) is 0.222. The summed E-state index contributed by atoms with van der Waals surface area (Å²) in [6, 6.07) is 16.9. The van der Waals surface area contributed by atoms with Crippen LogP contribution < -0.4 is 5.32 Å². The lowest BCUT2D eigenvalue weighted by atomic mass is 10.1. The average Bonchev–Trinajstić information content (AvgIpc) is 2.87. The highest BCUT2D eigenvalue weighted by Crippen LogP contribution is 2.26. The molecule has 2 aromatic carbocycles. The lowest BCUT2D eigenvalue weighted by molar-refractivity contribution is 0.981. The molecule has 3 rings (SSSR count). The van der Waals surface area contributed by atoms with Crippen LogP contribution >= 0.6 is 0 Å². The number of hydrogen-bond acceptors (Lipinski definition) is 2. The Morgan fingerprint density at radius 1 is 1.10 bits per heavy atom. The van der Waals surface area contributed by atoms with E-state index >= 15 is 0 Å². The Bertz CT molecular complexity index is 927. The van der Waals surface area contributed by atoms with E-state index in [-0.39, 0.29) is 0 Å². The van der Waals surface area contributed by atoms with Crippen LogP contribution in [0.1, 0.15) is 37.0 Å². The summed E-state index contributed by atoms with van der Waals surface area (Å²) in [6.45, 7) is 18.1. The Hall–Kier alpha value is -3.13. The molecule has 0 unspecified atom stereocenters. The van der Waals surface area contributed by atoms with E-state index in [1.807, 2.05) is 31.2 Å². The number of aliphatic imine (C=N–C) groups is 1. The predicted molar refractivity (Wildman–Crippen MR) is 128 cm³/mol. The van der Waals surface area contributed by atoms with Crippen molar-refractivity contribution < 1.29 is 0 Å². The Balaban J connectivity index is 0.000000278. The van der Waals surface area contributed by atoms with Crippen LogP contribution in [0.15, 0.2) is 102 Å². The van der Waals surface area contributed by atoms with E-state index in [2.05, 4.69) is 69.2 Å². The fourth-order valence-electron chi connectivity index (χ4n) is 2.92. The van der Waals surface area contributed by atoms with Gasteiger partial charge in [-0.25, -0.2) is 4.99 Å². The molecular weight excluding hydrogens is 352 g/mol. The van der Waals surface area contributed by atoms with E-state index in [0.29, 0.717) is 0 Å². The Morgan fingerprint density at radius 3 is 2.41 bits per heavy atom. The normalized spacial score (nSPS) is 13.3. The van der Waals surface area contributed by atoms with Crippen LogP contribution in [-0.2, 0) is 12.8 Å². The first-order chi connectivity index (χ1) is 13.9. The second-order valence-corrected chi connectivity index (χ2v) is 7.31. The number of allylic oxidation sites excluding steroid dienone is 3. The van der Waals surface area contributed by atoms with E-state index in [4.69, 9.17) is 4.99 Å². The Kier molecular flexibility index (Phi) is 8.42. The molecule has 0 saturated carbocycles. The first-order valence-corrected chi connectivity index (χ1v) is 10.1. The molecule has 0 amide bonds. The number of aryl methyl sites for hydroxylation is 3. The maximum atomic E-state index is 4.70. The van der Waals surface area contributed by atoms with E-state index in [1.54, 1.807) is 6.08 Å². The maximum absolute atomic E-state index is 4.70. The van der Waals surface area contributed by atoms with Crippen molar-refractivity contribution in [2.75, 3.05) is 0 Å². The predicted octanol–water partition coefficient (Wildman–Crippen LogP) is 7.01. The molecule has 2 nitrogen and oxygen atoms in total. The van der Waals surface area contributed by atoms with Crippen molar-refractivity contribution in [3.05, 3.63) is 114 Å². The minimum absolute atomic E-state index is 0.808. The summed E-state index contributed by atoms with van der Waals surface area (Å²) in [5.74, 6) is 0.808. The van der Waals surface area contributed by atoms with Gasteiger partial charge in [0.2, 0.25) is 0 Å². The summed E-state index contributed by atoms with van der Waals surface area (Å²) in [6.07, 6.45) is 6.72. The van der Waals surface area contributed by atoms with Crippen LogP contribution in [0.4, 0.5) is 5.69 Å². The summed E-state index contributed by atoms with van der Waals surface area (Å²) in [5.41, 5.74) is 7.88. The standard InChI is InChI=1S/C18H20N2.C9H12/c1-5-16(12-13(2)3)19-18-14(4)10-11-15-8-6-7-9-17(15)20-18;1-3-9-6-4-8(2)5-7-9/h5-9,12H,1-2,4,10-11H2,3H3,(H,19,20);4-7H,3H2,1-2H3/b16-12+;. The van der Waals surface area contributed by atoms with Crippen LogP contribution in [0, 0.1) is 6.92 Å². The van der Waals surface area contributed by atoms with Crippen molar-refractivity contribution in [1.29, 1.82) is 0 Å². The van der Waals surface area contributed by atoms with Gasteiger partial charge in [-0.2, -0.15) is 0 Å². The van der Waals surface area contributed by atoms with Gasteiger partial charge >= 0.3 is 0 Å². The third kappa shape index (κ3) is 7.08. The van der Waals surface area contributed by atoms with Gasteiger partial charge in [-0.3, -0.25) is 0 Å². The SMILES string of the molecule is C=C/C(=C\C(=C)C)NC1=Nc2ccccc2CCC1=C.CCc1ccc(C)cc1. The summed E-state index contributed by atoms with van der Waals surface area (Å²) in [7, 11) is 0. The van der Waals surface area contributed by atoms with Crippen molar-refractivity contribution >= 4 is 11.5 Å². The quantitative estimate of drug-likeness (QED) is 0.563. The summed E-state index contributed by atoms with van der Waals surface area (Å²) < 4.78 is 0. The zero-order valence-electron chi connectivity index (χ0n) is 18.0. The monoisotopic (exact) mass is 384 g/mol. The number of fused-ring (bicyclic) bond motifs is 1. The highest BCUT2D eigenvalue weighted by molar-refractivity contribution is 6.01. The number of benzene rings is 2. The van der Waals surface area contributed by atoms with Gasteiger partial charge in [0.05, 0.1) is 5.69 Å². The molecule has 0 aliphatic carbocycles. The van der Waals surface area contributed by atoms with Gasteiger partial charge < -0.3 is 5.32 Å². The van der Waals surface area contributed by atoms with Crippen molar-refractivity contribution in [3.63, 3.8) is 0 Å². The largest absolute Gasteiger partial charge is 0.340 e. The first kappa shape index (κ1) is 22.2. The molecule has 2 heteroatoms. The molecule has 0 aromatic heterocycles. The maximum Gasteiger partial charge on any atom is 0.133 e. The number of nitrogens with zero attached hydrogens (tertiary/aromatic N) is 1. The van der Waals surface area contributed by atoms with Gasteiger partial charge in [-0.05, 0) is 68.0 Å². The zero-order valence-corrected chi connectivity index (χ0v) is 18.0.